The third-order valence-corrected chi connectivity index (χ3v) is 5.13. The Bertz CT molecular complexity index is 935. The van der Waals surface area contributed by atoms with Crippen molar-refractivity contribution >= 4 is 32.3 Å². The summed E-state index contributed by atoms with van der Waals surface area (Å²) in [7, 11) is 0. The molecule has 0 bridgehead atoms. The van der Waals surface area contributed by atoms with Crippen LogP contribution in [-0.2, 0) is 0 Å². The van der Waals surface area contributed by atoms with Crippen molar-refractivity contribution in [3.8, 4) is 0 Å². The molecule has 0 aliphatic carbocycles. The van der Waals surface area contributed by atoms with Gasteiger partial charge in [-0.25, -0.2) is 4.98 Å². The average Bonchev–Trinajstić information content (AvgIpc) is 3.10. The lowest BCUT2D eigenvalue weighted by molar-refractivity contribution is 0.496. The average molecular weight is 308 g/mol. The van der Waals surface area contributed by atoms with Gasteiger partial charge in [-0.1, -0.05) is 17.4 Å². The molecule has 6 nitrogen and oxygen atoms in total. The lowest BCUT2D eigenvalue weighted by Crippen LogP contribution is -2.45. The molecule has 1 fully saturated rings. The van der Waals surface area contributed by atoms with E-state index in [4.69, 9.17) is 0 Å². The molecule has 7 heteroatoms. The smallest absolute Gasteiger partial charge is 0.186 e. The Hall–Kier alpha value is -2.54. The van der Waals surface area contributed by atoms with Crippen molar-refractivity contribution in [2.75, 3.05) is 18.0 Å². The molecule has 0 radical (unpaired) electrons. The van der Waals surface area contributed by atoms with E-state index < -0.39 is 0 Å². The van der Waals surface area contributed by atoms with E-state index in [9.17, 15) is 0 Å². The Kier molecular flexibility index (Phi) is 2.45. The monoisotopic (exact) mass is 308 g/mol. The number of anilines is 1. The van der Waals surface area contributed by atoms with Crippen molar-refractivity contribution in [3.05, 3.63) is 48.7 Å². The maximum absolute atomic E-state index is 4.65. The Morgan fingerprint density at radius 1 is 1.14 bits per heavy atom. The quantitative estimate of drug-likeness (QED) is 0.569. The van der Waals surface area contributed by atoms with Gasteiger partial charge in [0.25, 0.3) is 0 Å². The number of thiazole rings is 1. The van der Waals surface area contributed by atoms with E-state index in [1.165, 1.54) is 4.70 Å². The molecule has 1 saturated heterocycles. The van der Waals surface area contributed by atoms with Crippen LogP contribution < -0.4 is 4.90 Å². The number of pyridine rings is 2. The minimum atomic E-state index is 0.405. The zero-order valence-electron chi connectivity index (χ0n) is 11.6. The van der Waals surface area contributed by atoms with Gasteiger partial charge in [0.15, 0.2) is 10.8 Å². The van der Waals surface area contributed by atoms with Crippen molar-refractivity contribution in [2.45, 2.75) is 5.92 Å². The van der Waals surface area contributed by atoms with Gasteiger partial charge in [-0.2, -0.15) is 0 Å². The largest absolute Gasteiger partial charge is 0.346 e. The Balaban J connectivity index is 1.41. The molecule has 0 unspecified atom stereocenters. The molecule has 108 valence electrons. The van der Waals surface area contributed by atoms with E-state index in [1.54, 1.807) is 11.3 Å². The molecule has 1 aliphatic heterocycles. The summed E-state index contributed by atoms with van der Waals surface area (Å²) in [6, 6.07) is 7.99. The maximum atomic E-state index is 4.65. The second-order valence-electron chi connectivity index (χ2n) is 5.43. The van der Waals surface area contributed by atoms with Gasteiger partial charge < -0.3 is 4.90 Å². The summed E-state index contributed by atoms with van der Waals surface area (Å²) >= 11 is 1.72. The molecule has 4 aromatic heterocycles. The molecule has 0 spiro atoms. The van der Waals surface area contributed by atoms with Gasteiger partial charge in [-0.05, 0) is 18.2 Å². The van der Waals surface area contributed by atoms with Crippen LogP contribution in [0.5, 0.6) is 0 Å². The first-order valence-corrected chi connectivity index (χ1v) is 7.95. The van der Waals surface area contributed by atoms with Crippen molar-refractivity contribution in [3.63, 3.8) is 0 Å². The molecule has 0 aromatic carbocycles. The summed E-state index contributed by atoms with van der Waals surface area (Å²) in [5, 5.41) is 9.64. The normalized spacial score (nSPS) is 15.5. The third kappa shape index (κ3) is 1.72. The highest BCUT2D eigenvalue weighted by Gasteiger charge is 2.33. The maximum Gasteiger partial charge on any atom is 0.186 e. The molecule has 22 heavy (non-hydrogen) atoms. The molecular weight excluding hydrogens is 296 g/mol. The fourth-order valence-corrected chi connectivity index (χ4v) is 3.79. The van der Waals surface area contributed by atoms with Crippen LogP contribution in [0.3, 0.4) is 0 Å². The molecule has 0 saturated carbocycles. The topological polar surface area (TPSA) is 59.2 Å². The van der Waals surface area contributed by atoms with Gasteiger partial charge in [0, 0.05) is 25.5 Å². The lowest BCUT2D eigenvalue weighted by Gasteiger charge is -2.37. The summed E-state index contributed by atoms with van der Waals surface area (Å²) < 4.78 is 3.26. The zero-order valence-corrected chi connectivity index (χ0v) is 12.4. The Morgan fingerprint density at radius 3 is 3.00 bits per heavy atom. The van der Waals surface area contributed by atoms with Crippen LogP contribution in [0.2, 0.25) is 0 Å². The van der Waals surface area contributed by atoms with Crippen LogP contribution in [0.1, 0.15) is 11.7 Å². The van der Waals surface area contributed by atoms with E-state index in [0.29, 0.717) is 5.92 Å². The van der Waals surface area contributed by atoms with Gasteiger partial charge in [-0.15, -0.1) is 10.2 Å². The van der Waals surface area contributed by atoms with Crippen LogP contribution in [0, 0.1) is 0 Å². The number of aromatic nitrogens is 5. The molecule has 5 rings (SSSR count). The van der Waals surface area contributed by atoms with Gasteiger partial charge in [-0.3, -0.25) is 9.38 Å². The van der Waals surface area contributed by atoms with Crippen molar-refractivity contribution in [1.82, 2.24) is 24.6 Å². The highest BCUT2D eigenvalue weighted by atomic mass is 32.1. The minimum Gasteiger partial charge on any atom is -0.346 e. The molecule has 0 N–H and O–H groups in total. The first-order chi connectivity index (χ1) is 10.9. The summed E-state index contributed by atoms with van der Waals surface area (Å²) in [4.78, 5) is 11.1. The predicted octanol–water partition coefficient (Wildman–Crippen LogP) is 2.34. The highest BCUT2D eigenvalue weighted by molar-refractivity contribution is 7.22. The van der Waals surface area contributed by atoms with E-state index >= 15 is 0 Å². The van der Waals surface area contributed by atoms with E-state index in [-0.39, 0.29) is 0 Å². The number of fused-ring (bicyclic) bond motifs is 2. The third-order valence-electron chi connectivity index (χ3n) is 4.04. The number of rotatable bonds is 2. The number of hydrogen-bond acceptors (Lipinski definition) is 6. The first kappa shape index (κ1) is 12.0. The molecular formula is C15H12N6S. The minimum absolute atomic E-state index is 0.405. The summed E-state index contributed by atoms with van der Waals surface area (Å²) in [6.45, 7) is 1.87. The standard InChI is InChI=1S/C15H12N6S/c1-2-6-21-13(3-1)18-19-14(21)10-8-20(9-10)15-17-11-7-16-5-4-12(11)22-15/h1-7,10H,8-9H2. The Labute approximate surface area is 130 Å². The molecule has 1 aliphatic rings. The van der Waals surface area contributed by atoms with E-state index in [0.717, 1.165) is 35.2 Å². The fraction of sp³-hybridized carbons (Fsp3) is 0.200. The van der Waals surface area contributed by atoms with Crippen molar-refractivity contribution in [1.29, 1.82) is 0 Å². The second kappa shape index (κ2) is 4.48. The highest BCUT2D eigenvalue weighted by Crippen LogP contribution is 2.35. The van der Waals surface area contributed by atoms with Crippen LogP contribution in [0.15, 0.2) is 42.9 Å². The van der Waals surface area contributed by atoms with Crippen LogP contribution in [0.25, 0.3) is 15.9 Å². The van der Waals surface area contributed by atoms with Crippen molar-refractivity contribution < 1.29 is 0 Å². The molecule has 4 aromatic rings. The Morgan fingerprint density at radius 2 is 2.09 bits per heavy atom. The summed E-state index contributed by atoms with van der Waals surface area (Å²) in [5.41, 5.74) is 1.88. The number of nitrogens with zero attached hydrogens (tertiary/aromatic N) is 6. The van der Waals surface area contributed by atoms with E-state index in [1.807, 2.05) is 42.9 Å². The molecule has 5 heterocycles. The van der Waals surface area contributed by atoms with Gasteiger partial charge in [0.05, 0.1) is 16.8 Å². The fourth-order valence-electron chi connectivity index (χ4n) is 2.84. The van der Waals surface area contributed by atoms with Gasteiger partial charge in [0.2, 0.25) is 0 Å². The molecule has 0 atom stereocenters. The molecule has 0 amide bonds. The SMILES string of the molecule is c1ccn2c(C3CN(c4nc5cnccc5s4)C3)nnc2c1. The first-order valence-electron chi connectivity index (χ1n) is 7.14. The van der Waals surface area contributed by atoms with Gasteiger partial charge >= 0.3 is 0 Å². The lowest BCUT2D eigenvalue weighted by atomic mass is 10.0. The second-order valence-corrected chi connectivity index (χ2v) is 6.44. The van der Waals surface area contributed by atoms with Gasteiger partial charge in [0.1, 0.15) is 11.3 Å². The van der Waals surface area contributed by atoms with Crippen LogP contribution in [-0.4, -0.2) is 37.7 Å². The van der Waals surface area contributed by atoms with Crippen LogP contribution in [0.4, 0.5) is 5.13 Å². The predicted molar refractivity (Wildman–Crippen MR) is 85.4 cm³/mol. The van der Waals surface area contributed by atoms with Crippen molar-refractivity contribution in [2.24, 2.45) is 0 Å². The summed E-state index contributed by atoms with van der Waals surface area (Å²) in [6.07, 6.45) is 5.65. The number of hydrogen-bond donors (Lipinski definition) is 0. The van der Waals surface area contributed by atoms with Crippen LogP contribution >= 0.6 is 11.3 Å². The van der Waals surface area contributed by atoms with E-state index in [2.05, 4.69) is 29.5 Å². The zero-order chi connectivity index (χ0) is 14.5. The summed E-state index contributed by atoms with van der Waals surface area (Å²) in [5.74, 6) is 1.44.